The summed E-state index contributed by atoms with van der Waals surface area (Å²) in [5.74, 6) is 0.341. The average Bonchev–Trinajstić information content (AvgIpc) is 2.10. The summed E-state index contributed by atoms with van der Waals surface area (Å²) in [6.45, 7) is 8.16. The molecule has 0 fully saturated rings. The number of sulfone groups is 1. The Bertz CT molecular complexity index is 339. The highest BCUT2D eigenvalue weighted by molar-refractivity contribution is 7.90. The van der Waals surface area contributed by atoms with Gasteiger partial charge in [0.2, 0.25) is 5.91 Å². The van der Waals surface area contributed by atoms with Gasteiger partial charge in [-0.15, -0.1) is 0 Å². The van der Waals surface area contributed by atoms with Crippen LogP contribution >= 0.6 is 0 Å². The van der Waals surface area contributed by atoms with Crippen molar-refractivity contribution in [3.05, 3.63) is 0 Å². The molecule has 0 bridgehead atoms. The third-order valence-electron chi connectivity index (χ3n) is 2.17. The molecule has 0 aliphatic heterocycles. The smallest absolute Gasteiger partial charge is 0.236 e. The van der Waals surface area contributed by atoms with Crippen LogP contribution < -0.4 is 10.6 Å². The second-order valence-electron chi connectivity index (χ2n) is 5.02. The molecule has 0 saturated carbocycles. The van der Waals surface area contributed by atoms with Crippen molar-refractivity contribution in [3.63, 3.8) is 0 Å². The zero-order valence-corrected chi connectivity index (χ0v) is 12.1. The van der Waals surface area contributed by atoms with Gasteiger partial charge in [-0.1, -0.05) is 13.8 Å². The first-order valence-corrected chi connectivity index (χ1v) is 7.89. The summed E-state index contributed by atoms with van der Waals surface area (Å²) in [4.78, 5) is 11.6. The van der Waals surface area contributed by atoms with E-state index in [1.54, 1.807) is 13.8 Å². The number of rotatable bonds is 7. The molecular weight excluding hydrogens is 240 g/mol. The molecule has 102 valence electrons. The Hall–Kier alpha value is -0.620. The van der Waals surface area contributed by atoms with Crippen LogP contribution in [-0.4, -0.2) is 45.0 Å². The summed E-state index contributed by atoms with van der Waals surface area (Å²) < 4.78 is 22.1. The Kier molecular flexibility index (Phi) is 6.70. The molecular formula is C11H24N2O3S. The highest BCUT2D eigenvalue weighted by Gasteiger charge is 2.17. The molecule has 2 N–H and O–H groups in total. The summed E-state index contributed by atoms with van der Waals surface area (Å²) in [6.07, 6.45) is 1.19. The van der Waals surface area contributed by atoms with Crippen molar-refractivity contribution in [2.24, 2.45) is 5.92 Å². The Morgan fingerprint density at radius 2 is 1.71 bits per heavy atom. The molecule has 0 aromatic rings. The number of nitrogens with one attached hydrogen (secondary N) is 2. The van der Waals surface area contributed by atoms with Crippen LogP contribution in [-0.2, 0) is 14.6 Å². The number of carbonyl (C=O) groups excluding carboxylic acids is 1. The van der Waals surface area contributed by atoms with Gasteiger partial charge in [0.1, 0.15) is 9.84 Å². The van der Waals surface area contributed by atoms with Gasteiger partial charge in [-0.2, -0.15) is 0 Å². The summed E-state index contributed by atoms with van der Waals surface area (Å²) in [7, 11) is -3.01. The van der Waals surface area contributed by atoms with Crippen LogP contribution in [0.2, 0.25) is 0 Å². The largest absolute Gasteiger partial charge is 0.354 e. The highest BCUT2D eigenvalue weighted by atomic mass is 32.2. The maximum absolute atomic E-state index is 11.6. The molecule has 6 heteroatoms. The summed E-state index contributed by atoms with van der Waals surface area (Å²) in [6, 6.07) is -0.615. The molecule has 2 atom stereocenters. The fourth-order valence-electron chi connectivity index (χ4n) is 1.46. The van der Waals surface area contributed by atoms with E-state index in [0.29, 0.717) is 12.5 Å². The maximum atomic E-state index is 11.6. The van der Waals surface area contributed by atoms with Crippen LogP contribution in [0.3, 0.4) is 0 Å². The SMILES string of the molecule is CC(C)CNC(=O)C(C)NC(C)CS(C)(=O)=O. The van der Waals surface area contributed by atoms with Crippen LogP contribution in [0.15, 0.2) is 0 Å². The number of hydrogen-bond acceptors (Lipinski definition) is 4. The molecule has 2 unspecified atom stereocenters. The van der Waals surface area contributed by atoms with Crippen LogP contribution in [0.4, 0.5) is 0 Å². The summed E-state index contributed by atoms with van der Waals surface area (Å²) in [5.41, 5.74) is 0. The van der Waals surface area contributed by atoms with Gasteiger partial charge in [0.25, 0.3) is 0 Å². The lowest BCUT2D eigenvalue weighted by Crippen LogP contribution is -2.48. The van der Waals surface area contributed by atoms with E-state index in [1.807, 2.05) is 13.8 Å². The summed E-state index contributed by atoms with van der Waals surface area (Å²) >= 11 is 0. The van der Waals surface area contributed by atoms with Crippen LogP contribution in [0.1, 0.15) is 27.7 Å². The Labute approximate surface area is 104 Å². The molecule has 0 aromatic carbocycles. The Morgan fingerprint density at radius 3 is 2.12 bits per heavy atom. The first-order valence-electron chi connectivity index (χ1n) is 5.83. The van der Waals surface area contributed by atoms with Gasteiger partial charge >= 0.3 is 0 Å². The van der Waals surface area contributed by atoms with Crippen LogP contribution in [0.25, 0.3) is 0 Å². The fourth-order valence-corrected chi connectivity index (χ4v) is 2.47. The minimum absolute atomic E-state index is 0.0365. The molecule has 0 aromatic heterocycles. The molecule has 0 aliphatic rings. The third-order valence-corrected chi connectivity index (χ3v) is 3.27. The van der Waals surface area contributed by atoms with Crippen molar-refractivity contribution in [1.82, 2.24) is 10.6 Å². The predicted molar refractivity (Wildman–Crippen MR) is 69.6 cm³/mol. The topological polar surface area (TPSA) is 75.3 Å². The van der Waals surface area contributed by atoms with Crippen molar-refractivity contribution < 1.29 is 13.2 Å². The zero-order valence-electron chi connectivity index (χ0n) is 11.3. The monoisotopic (exact) mass is 264 g/mol. The molecule has 1 amide bonds. The van der Waals surface area contributed by atoms with Crippen molar-refractivity contribution in [2.45, 2.75) is 39.8 Å². The fraction of sp³-hybridized carbons (Fsp3) is 0.909. The molecule has 0 heterocycles. The molecule has 0 aliphatic carbocycles. The second-order valence-corrected chi connectivity index (χ2v) is 7.21. The molecule has 0 spiro atoms. The normalized spacial score (nSPS) is 15.6. The molecule has 17 heavy (non-hydrogen) atoms. The number of carbonyl (C=O) groups is 1. The zero-order chi connectivity index (χ0) is 13.6. The maximum Gasteiger partial charge on any atom is 0.236 e. The lowest BCUT2D eigenvalue weighted by molar-refractivity contribution is -0.123. The number of amides is 1. The average molecular weight is 264 g/mol. The van der Waals surface area contributed by atoms with Gasteiger partial charge in [0.05, 0.1) is 11.8 Å². The molecule has 0 rings (SSSR count). The standard InChI is InChI=1S/C11H24N2O3S/c1-8(2)6-12-11(14)10(4)13-9(3)7-17(5,15)16/h8-10,13H,6-7H2,1-5H3,(H,12,14). The summed E-state index contributed by atoms with van der Waals surface area (Å²) in [5, 5.41) is 5.77. The first kappa shape index (κ1) is 16.4. The molecule has 0 saturated heterocycles. The van der Waals surface area contributed by atoms with E-state index in [1.165, 1.54) is 6.26 Å². The molecule has 0 radical (unpaired) electrons. The van der Waals surface area contributed by atoms with E-state index in [4.69, 9.17) is 0 Å². The number of hydrogen-bond donors (Lipinski definition) is 2. The van der Waals surface area contributed by atoms with E-state index < -0.39 is 9.84 Å². The van der Waals surface area contributed by atoms with Gasteiger partial charge in [0.15, 0.2) is 0 Å². The minimum Gasteiger partial charge on any atom is -0.354 e. The van der Waals surface area contributed by atoms with Gasteiger partial charge in [0, 0.05) is 18.8 Å². The Morgan fingerprint density at radius 1 is 1.18 bits per heavy atom. The van der Waals surface area contributed by atoms with Crippen molar-refractivity contribution in [1.29, 1.82) is 0 Å². The lowest BCUT2D eigenvalue weighted by atomic mass is 10.2. The van der Waals surface area contributed by atoms with Gasteiger partial charge in [-0.3, -0.25) is 4.79 Å². The van der Waals surface area contributed by atoms with E-state index in [-0.39, 0.29) is 23.7 Å². The quantitative estimate of drug-likeness (QED) is 0.687. The van der Waals surface area contributed by atoms with Gasteiger partial charge in [-0.05, 0) is 19.8 Å². The van der Waals surface area contributed by atoms with Crippen molar-refractivity contribution in [2.75, 3.05) is 18.6 Å². The van der Waals surface area contributed by atoms with E-state index in [9.17, 15) is 13.2 Å². The lowest BCUT2D eigenvalue weighted by Gasteiger charge is -2.19. The van der Waals surface area contributed by atoms with E-state index in [2.05, 4.69) is 10.6 Å². The highest BCUT2D eigenvalue weighted by Crippen LogP contribution is 1.94. The van der Waals surface area contributed by atoms with Gasteiger partial charge < -0.3 is 10.6 Å². The van der Waals surface area contributed by atoms with E-state index in [0.717, 1.165) is 0 Å². The second kappa shape index (κ2) is 6.96. The Balaban J connectivity index is 4.07. The van der Waals surface area contributed by atoms with Crippen molar-refractivity contribution in [3.8, 4) is 0 Å². The molecule has 5 nitrogen and oxygen atoms in total. The van der Waals surface area contributed by atoms with Crippen molar-refractivity contribution >= 4 is 15.7 Å². The van der Waals surface area contributed by atoms with Crippen LogP contribution in [0.5, 0.6) is 0 Å². The van der Waals surface area contributed by atoms with Gasteiger partial charge in [-0.25, -0.2) is 8.42 Å². The minimum atomic E-state index is -3.01. The third kappa shape index (κ3) is 9.12. The predicted octanol–water partition coefficient (Wildman–Crippen LogP) is 0.170. The van der Waals surface area contributed by atoms with E-state index >= 15 is 0 Å². The first-order chi connectivity index (χ1) is 7.61. The van der Waals surface area contributed by atoms with Crippen LogP contribution in [0, 0.1) is 5.92 Å².